The normalized spacial score (nSPS) is 10.1. The van der Waals surface area contributed by atoms with E-state index < -0.39 is 12.0 Å². The zero-order chi connectivity index (χ0) is 13.0. The zero-order valence-corrected chi connectivity index (χ0v) is 10.0. The van der Waals surface area contributed by atoms with Gasteiger partial charge < -0.3 is 9.84 Å². The number of rotatable bonds is 3. The molecule has 17 heavy (non-hydrogen) atoms. The van der Waals surface area contributed by atoms with Gasteiger partial charge in [0.2, 0.25) is 0 Å². The van der Waals surface area contributed by atoms with Gasteiger partial charge in [0.05, 0.1) is 11.7 Å². The monoisotopic (exact) mass is 237 g/mol. The molecule has 0 saturated carbocycles. The number of carboxylic acid groups (broad SMARTS) is 1. The Kier molecular flexibility index (Phi) is 4.09. The van der Waals surface area contributed by atoms with Crippen LogP contribution < -0.4 is 4.74 Å². The maximum atomic E-state index is 11.9. The third kappa shape index (κ3) is 3.21. The van der Waals surface area contributed by atoms with E-state index in [1.807, 2.05) is 13.8 Å². The number of carbonyl (C=O) groups is 2. The van der Waals surface area contributed by atoms with Gasteiger partial charge in [-0.05, 0) is 26.0 Å². The largest absolute Gasteiger partial charge is 0.490 e. The summed E-state index contributed by atoms with van der Waals surface area (Å²) in [6, 6.07) is 6.58. The SMILES string of the molecule is CC(C)Oc1ccccc1C(=O)N(C)C(=O)O. The molecule has 0 aliphatic carbocycles. The maximum absolute atomic E-state index is 11.9. The highest BCUT2D eigenvalue weighted by Crippen LogP contribution is 2.20. The van der Waals surface area contributed by atoms with Crippen molar-refractivity contribution >= 4 is 12.0 Å². The molecular weight excluding hydrogens is 222 g/mol. The lowest BCUT2D eigenvalue weighted by molar-refractivity contribution is 0.0776. The second-order valence-electron chi connectivity index (χ2n) is 3.81. The van der Waals surface area contributed by atoms with Crippen molar-refractivity contribution in [1.29, 1.82) is 0 Å². The first kappa shape index (κ1) is 13.0. The predicted molar refractivity (Wildman–Crippen MR) is 62.3 cm³/mol. The number of para-hydroxylation sites is 1. The van der Waals surface area contributed by atoms with Crippen molar-refractivity contribution in [3.05, 3.63) is 29.8 Å². The Bertz CT molecular complexity index is 428. The van der Waals surface area contributed by atoms with Crippen molar-refractivity contribution in [1.82, 2.24) is 4.90 Å². The number of amides is 2. The summed E-state index contributed by atoms with van der Waals surface area (Å²) in [7, 11) is 1.21. The summed E-state index contributed by atoms with van der Waals surface area (Å²) in [4.78, 5) is 23.2. The fourth-order valence-electron chi connectivity index (χ4n) is 1.27. The molecule has 0 fully saturated rings. The molecule has 0 spiro atoms. The molecule has 1 aromatic carbocycles. The third-order valence-electron chi connectivity index (χ3n) is 2.07. The molecule has 0 saturated heterocycles. The molecule has 1 N–H and O–H groups in total. The van der Waals surface area contributed by atoms with Crippen LogP contribution in [0.25, 0.3) is 0 Å². The van der Waals surface area contributed by atoms with Crippen molar-refractivity contribution < 1.29 is 19.4 Å². The minimum absolute atomic E-state index is 0.0842. The van der Waals surface area contributed by atoms with E-state index in [0.717, 1.165) is 0 Å². The van der Waals surface area contributed by atoms with Crippen LogP contribution in [0.1, 0.15) is 24.2 Å². The summed E-state index contributed by atoms with van der Waals surface area (Å²) >= 11 is 0. The van der Waals surface area contributed by atoms with Crippen LogP contribution in [0.2, 0.25) is 0 Å². The van der Waals surface area contributed by atoms with Gasteiger partial charge in [0.15, 0.2) is 0 Å². The van der Waals surface area contributed by atoms with Crippen molar-refractivity contribution in [3.63, 3.8) is 0 Å². The number of hydrogen-bond donors (Lipinski definition) is 1. The summed E-state index contributed by atoms with van der Waals surface area (Å²) in [5, 5.41) is 8.75. The van der Waals surface area contributed by atoms with E-state index in [1.165, 1.54) is 7.05 Å². The standard InChI is InChI=1S/C12H15NO4/c1-8(2)17-10-7-5-4-6-9(10)11(14)13(3)12(15)16/h4-8H,1-3H3,(H,15,16). The van der Waals surface area contributed by atoms with Gasteiger partial charge in [0, 0.05) is 7.05 Å². The first-order chi connectivity index (χ1) is 7.93. The van der Waals surface area contributed by atoms with Crippen LogP contribution in [0.4, 0.5) is 4.79 Å². The van der Waals surface area contributed by atoms with E-state index >= 15 is 0 Å². The smallest absolute Gasteiger partial charge is 0.414 e. The van der Waals surface area contributed by atoms with Crippen molar-refractivity contribution in [2.24, 2.45) is 0 Å². The molecule has 5 nitrogen and oxygen atoms in total. The Morgan fingerprint density at radius 3 is 2.41 bits per heavy atom. The van der Waals surface area contributed by atoms with Gasteiger partial charge in [-0.1, -0.05) is 12.1 Å². The second-order valence-corrected chi connectivity index (χ2v) is 3.81. The van der Waals surface area contributed by atoms with Gasteiger partial charge in [-0.15, -0.1) is 0 Å². The highest BCUT2D eigenvalue weighted by molar-refractivity contribution is 6.04. The van der Waals surface area contributed by atoms with Crippen molar-refractivity contribution in [3.8, 4) is 5.75 Å². The average molecular weight is 237 g/mol. The Balaban J connectivity index is 3.04. The molecule has 0 atom stereocenters. The Labute approximate surface area is 99.6 Å². The predicted octanol–water partition coefficient (Wildman–Crippen LogP) is 2.22. The maximum Gasteiger partial charge on any atom is 0.414 e. The molecule has 0 heterocycles. The van der Waals surface area contributed by atoms with Crippen LogP contribution in [-0.4, -0.2) is 35.2 Å². The van der Waals surface area contributed by atoms with Gasteiger partial charge in [-0.2, -0.15) is 0 Å². The number of imide groups is 1. The lowest BCUT2D eigenvalue weighted by Gasteiger charge is -2.16. The second kappa shape index (κ2) is 5.34. The summed E-state index contributed by atoms with van der Waals surface area (Å²) in [6.45, 7) is 3.67. The molecule has 0 aliphatic rings. The van der Waals surface area contributed by atoms with Crippen LogP contribution >= 0.6 is 0 Å². The van der Waals surface area contributed by atoms with E-state index in [2.05, 4.69) is 0 Å². The Morgan fingerprint density at radius 2 is 1.88 bits per heavy atom. The van der Waals surface area contributed by atoms with Gasteiger partial charge in [0.25, 0.3) is 5.91 Å². The fraction of sp³-hybridized carbons (Fsp3) is 0.333. The minimum Gasteiger partial charge on any atom is -0.490 e. The van der Waals surface area contributed by atoms with Gasteiger partial charge >= 0.3 is 6.09 Å². The summed E-state index contributed by atoms with van der Waals surface area (Å²) in [5.74, 6) is -0.214. The molecule has 0 bridgehead atoms. The van der Waals surface area contributed by atoms with Crippen molar-refractivity contribution in [2.45, 2.75) is 20.0 Å². The quantitative estimate of drug-likeness (QED) is 0.875. The molecule has 0 unspecified atom stereocenters. The molecule has 0 aromatic heterocycles. The molecular formula is C12H15NO4. The van der Waals surface area contributed by atoms with Crippen LogP contribution in [-0.2, 0) is 0 Å². The van der Waals surface area contributed by atoms with Gasteiger partial charge in [-0.25, -0.2) is 9.69 Å². The van der Waals surface area contributed by atoms with Gasteiger partial charge in [0.1, 0.15) is 5.75 Å². The number of ether oxygens (including phenoxy) is 1. The lowest BCUT2D eigenvalue weighted by Crippen LogP contribution is -2.32. The van der Waals surface area contributed by atoms with E-state index in [9.17, 15) is 9.59 Å². The fourth-order valence-corrected chi connectivity index (χ4v) is 1.27. The highest BCUT2D eigenvalue weighted by Gasteiger charge is 2.21. The molecule has 1 aromatic rings. The van der Waals surface area contributed by atoms with E-state index in [1.54, 1.807) is 24.3 Å². The number of hydrogen-bond acceptors (Lipinski definition) is 3. The van der Waals surface area contributed by atoms with Crippen molar-refractivity contribution in [2.75, 3.05) is 7.05 Å². The number of benzene rings is 1. The van der Waals surface area contributed by atoms with Crippen LogP contribution in [0.3, 0.4) is 0 Å². The van der Waals surface area contributed by atoms with Crippen LogP contribution in [0, 0.1) is 0 Å². The summed E-state index contributed by atoms with van der Waals surface area (Å²) in [5.41, 5.74) is 0.242. The topological polar surface area (TPSA) is 66.8 Å². The summed E-state index contributed by atoms with van der Waals surface area (Å²) < 4.78 is 5.46. The zero-order valence-electron chi connectivity index (χ0n) is 10.0. The van der Waals surface area contributed by atoms with Crippen LogP contribution in [0.15, 0.2) is 24.3 Å². The van der Waals surface area contributed by atoms with Crippen LogP contribution in [0.5, 0.6) is 5.75 Å². The van der Waals surface area contributed by atoms with E-state index in [-0.39, 0.29) is 11.7 Å². The van der Waals surface area contributed by atoms with E-state index in [0.29, 0.717) is 10.6 Å². The average Bonchev–Trinajstić information content (AvgIpc) is 2.27. The molecule has 1 rings (SSSR count). The van der Waals surface area contributed by atoms with Gasteiger partial charge in [-0.3, -0.25) is 4.79 Å². The number of nitrogens with zero attached hydrogens (tertiary/aromatic N) is 1. The Morgan fingerprint density at radius 1 is 1.29 bits per heavy atom. The molecule has 0 radical (unpaired) electrons. The number of carbonyl (C=O) groups excluding carboxylic acids is 1. The first-order valence-corrected chi connectivity index (χ1v) is 5.20. The molecule has 0 aliphatic heterocycles. The molecule has 92 valence electrons. The Hall–Kier alpha value is -2.04. The lowest BCUT2D eigenvalue weighted by atomic mass is 10.2. The minimum atomic E-state index is -1.30. The first-order valence-electron chi connectivity index (χ1n) is 5.20. The highest BCUT2D eigenvalue weighted by atomic mass is 16.5. The third-order valence-corrected chi connectivity index (χ3v) is 2.07. The summed E-state index contributed by atoms with van der Waals surface area (Å²) in [6.07, 6.45) is -1.38. The molecule has 5 heteroatoms. The van der Waals surface area contributed by atoms with E-state index in [4.69, 9.17) is 9.84 Å². The molecule has 2 amide bonds.